The van der Waals surface area contributed by atoms with E-state index < -0.39 is 11.9 Å². The number of carbonyl (C=O) groups excluding carboxylic acids is 2. The molecule has 0 unspecified atom stereocenters. The van der Waals surface area contributed by atoms with E-state index in [1.807, 2.05) is 0 Å². The Kier molecular flexibility index (Phi) is 4.71. The van der Waals surface area contributed by atoms with E-state index in [2.05, 4.69) is 0 Å². The largest absolute Gasteiger partial charge is 0.496 e. The summed E-state index contributed by atoms with van der Waals surface area (Å²) in [6.07, 6.45) is 0.458. The first-order valence-electron chi connectivity index (χ1n) is 7.78. The molecule has 0 saturated carbocycles. The Labute approximate surface area is 150 Å². The highest BCUT2D eigenvalue weighted by atomic mass is 16.5. The molecular weight excluding hydrogens is 340 g/mol. The Bertz CT molecular complexity index is 814. The average Bonchev–Trinajstić information content (AvgIpc) is 2.69. The fourth-order valence-electron chi connectivity index (χ4n) is 2.90. The number of carbonyl (C=O) groups is 2. The van der Waals surface area contributed by atoms with Gasteiger partial charge in [0.05, 0.1) is 39.6 Å². The minimum Gasteiger partial charge on any atom is -0.496 e. The van der Waals surface area contributed by atoms with Crippen LogP contribution >= 0.6 is 0 Å². The predicted molar refractivity (Wildman–Crippen MR) is 91.5 cm³/mol. The normalized spacial score (nSPS) is 11.5. The molecule has 0 radical (unpaired) electrons. The van der Waals surface area contributed by atoms with E-state index in [1.165, 1.54) is 28.4 Å². The van der Waals surface area contributed by atoms with Gasteiger partial charge in [-0.25, -0.2) is 9.59 Å². The fraction of sp³-hybridized carbons (Fsp3) is 0.263. The van der Waals surface area contributed by atoms with E-state index in [4.69, 9.17) is 23.7 Å². The van der Waals surface area contributed by atoms with Gasteiger partial charge in [0.2, 0.25) is 0 Å². The van der Waals surface area contributed by atoms with Crippen LogP contribution in [0.15, 0.2) is 24.3 Å². The third kappa shape index (κ3) is 2.92. The van der Waals surface area contributed by atoms with Crippen LogP contribution in [0.4, 0.5) is 0 Å². The van der Waals surface area contributed by atoms with Crippen LogP contribution in [0.1, 0.15) is 31.8 Å². The first-order chi connectivity index (χ1) is 12.5. The zero-order valence-electron chi connectivity index (χ0n) is 14.9. The van der Waals surface area contributed by atoms with E-state index >= 15 is 0 Å². The third-order valence-electron chi connectivity index (χ3n) is 4.19. The highest BCUT2D eigenvalue weighted by Crippen LogP contribution is 2.45. The van der Waals surface area contributed by atoms with Crippen LogP contribution in [0.5, 0.6) is 23.0 Å². The number of hydrogen-bond donors (Lipinski definition) is 0. The van der Waals surface area contributed by atoms with Crippen LogP contribution in [0.3, 0.4) is 0 Å². The van der Waals surface area contributed by atoms with E-state index in [0.717, 1.165) is 11.1 Å². The molecule has 26 heavy (non-hydrogen) atoms. The van der Waals surface area contributed by atoms with Crippen molar-refractivity contribution in [2.75, 3.05) is 28.4 Å². The van der Waals surface area contributed by atoms with Crippen LogP contribution in [0, 0.1) is 0 Å². The van der Waals surface area contributed by atoms with E-state index in [1.54, 1.807) is 24.3 Å². The molecule has 1 aliphatic rings. The van der Waals surface area contributed by atoms with Crippen molar-refractivity contribution in [1.29, 1.82) is 0 Å². The molecule has 136 valence electrons. The lowest BCUT2D eigenvalue weighted by molar-refractivity contribution is 0.0591. The molecular formula is C19H18O7. The standard InChI is InChI=1S/C19H18O7/c1-22-14-5-10(18(20)24-3)7-16-12(14)9-13-15(23-2)6-11(19(21)25-4)8-17(13)26-16/h5-8H,9H2,1-4H3. The third-order valence-corrected chi connectivity index (χ3v) is 4.19. The van der Waals surface area contributed by atoms with Crippen molar-refractivity contribution in [2.45, 2.75) is 6.42 Å². The van der Waals surface area contributed by atoms with Gasteiger partial charge >= 0.3 is 11.9 Å². The summed E-state index contributed by atoms with van der Waals surface area (Å²) in [5.74, 6) is 0.936. The second-order valence-corrected chi connectivity index (χ2v) is 5.57. The molecule has 7 heteroatoms. The van der Waals surface area contributed by atoms with Crippen LogP contribution in [-0.2, 0) is 15.9 Å². The van der Waals surface area contributed by atoms with Gasteiger partial charge in [-0.2, -0.15) is 0 Å². The minimum absolute atomic E-state index is 0.308. The molecule has 0 bridgehead atoms. The summed E-state index contributed by atoms with van der Waals surface area (Å²) in [7, 11) is 5.64. The number of hydrogen-bond acceptors (Lipinski definition) is 7. The van der Waals surface area contributed by atoms with Gasteiger partial charge in [0, 0.05) is 17.5 Å². The molecule has 0 spiro atoms. The van der Waals surface area contributed by atoms with Crippen LogP contribution in [-0.4, -0.2) is 40.4 Å². The number of esters is 2. The van der Waals surface area contributed by atoms with Crippen molar-refractivity contribution >= 4 is 11.9 Å². The summed E-state index contributed by atoms with van der Waals surface area (Å²) >= 11 is 0. The lowest BCUT2D eigenvalue weighted by Gasteiger charge is -2.24. The number of methoxy groups -OCH3 is 4. The van der Waals surface area contributed by atoms with E-state index in [0.29, 0.717) is 40.5 Å². The number of rotatable bonds is 4. The molecule has 1 aliphatic heterocycles. The zero-order valence-corrected chi connectivity index (χ0v) is 14.9. The topological polar surface area (TPSA) is 80.3 Å². The minimum atomic E-state index is -0.499. The van der Waals surface area contributed by atoms with Gasteiger partial charge in [0.25, 0.3) is 0 Å². The molecule has 3 rings (SSSR count). The van der Waals surface area contributed by atoms with Crippen molar-refractivity contribution < 1.29 is 33.3 Å². The van der Waals surface area contributed by atoms with Crippen molar-refractivity contribution in [3.05, 3.63) is 46.5 Å². The quantitative estimate of drug-likeness (QED) is 0.663. The summed E-state index contributed by atoms with van der Waals surface area (Å²) in [6, 6.07) is 6.39. The number of fused-ring (bicyclic) bond motifs is 2. The molecule has 0 saturated heterocycles. The van der Waals surface area contributed by atoms with Gasteiger partial charge in [0.1, 0.15) is 23.0 Å². The van der Waals surface area contributed by atoms with Gasteiger partial charge in [-0.3, -0.25) is 0 Å². The predicted octanol–water partition coefficient (Wildman–Crippen LogP) is 2.97. The van der Waals surface area contributed by atoms with Gasteiger partial charge in [-0.05, 0) is 24.3 Å². The Morgan fingerprint density at radius 1 is 0.769 bits per heavy atom. The zero-order chi connectivity index (χ0) is 18.8. The van der Waals surface area contributed by atoms with Crippen molar-refractivity contribution in [3.63, 3.8) is 0 Å². The molecule has 2 aromatic rings. The maximum atomic E-state index is 11.9. The number of benzene rings is 2. The van der Waals surface area contributed by atoms with Gasteiger partial charge in [-0.15, -0.1) is 0 Å². The van der Waals surface area contributed by atoms with Gasteiger partial charge in [-0.1, -0.05) is 0 Å². The first kappa shape index (κ1) is 17.6. The van der Waals surface area contributed by atoms with Gasteiger partial charge in [0.15, 0.2) is 0 Å². The lowest BCUT2D eigenvalue weighted by Crippen LogP contribution is -2.11. The first-order valence-corrected chi connectivity index (χ1v) is 7.78. The Balaban J connectivity index is 2.13. The van der Waals surface area contributed by atoms with E-state index in [-0.39, 0.29) is 0 Å². The molecule has 0 aliphatic carbocycles. The molecule has 0 aromatic heterocycles. The Hall–Kier alpha value is -3.22. The second-order valence-electron chi connectivity index (χ2n) is 5.57. The lowest BCUT2D eigenvalue weighted by atomic mass is 9.95. The van der Waals surface area contributed by atoms with Crippen LogP contribution < -0.4 is 14.2 Å². The van der Waals surface area contributed by atoms with Crippen LogP contribution in [0.25, 0.3) is 0 Å². The van der Waals surface area contributed by atoms with E-state index in [9.17, 15) is 9.59 Å². The molecule has 0 fully saturated rings. The highest BCUT2D eigenvalue weighted by Gasteiger charge is 2.27. The Morgan fingerprint density at radius 3 is 1.54 bits per heavy atom. The van der Waals surface area contributed by atoms with Crippen LogP contribution in [0.2, 0.25) is 0 Å². The highest BCUT2D eigenvalue weighted by molar-refractivity contribution is 5.92. The van der Waals surface area contributed by atoms with Crippen molar-refractivity contribution in [1.82, 2.24) is 0 Å². The van der Waals surface area contributed by atoms with Crippen molar-refractivity contribution in [3.8, 4) is 23.0 Å². The fourth-order valence-corrected chi connectivity index (χ4v) is 2.90. The maximum Gasteiger partial charge on any atom is 0.338 e. The monoisotopic (exact) mass is 358 g/mol. The smallest absolute Gasteiger partial charge is 0.338 e. The average molecular weight is 358 g/mol. The molecule has 1 heterocycles. The Morgan fingerprint density at radius 2 is 1.19 bits per heavy atom. The van der Waals surface area contributed by atoms with Crippen molar-refractivity contribution in [2.24, 2.45) is 0 Å². The molecule has 2 aromatic carbocycles. The molecule has 0 amide bonds. The summed E-state index contributed by atoms with van der Waals surface area (Å²) in [6.45, 7) is 0. The molecule has 0 atom stereocenters. The van der Waals surface area contributed by atoms with Gasteiger partial charge < -0.3 is 23.7 Å². The summed E-state index contributed by atoms with van der Waals surface area (Å²) < 4.78 is 26.3. The summed E-state index contributed by atoms with van der Waals surface area (Å²) in [5.41, 5.74) is 2.17. The number of ether oxygens (including phenoxy) is 5. The SMILES string of the molecule is COC(=O)c1cc(OC)c2c(c1)Oc1cc(C(=O)OC)cc(OC)c1C2. The molecule has 7 nitrogen and oxygen atoms in total. The summed E-state index contributed by atoms with van der Waals surface area (Å²) in [5, 5.41) is 0. The second kappa shape index (κ2) is 6.95. The molecule has 0 N–H and O–H groups in total. The summed E-state index contributed by atoms with van der Waals surface area (Å²) in [4.78, 5) is 23.8. The maximum absolute atomic E-state index is 11.9.